The van der Waals surface area contributed by atoms with Crippen molar-refractivity contribution in [1.29, 1.82) is 0 Å². The van der Waals surface area contributed by atoms with Crippen molar-refractivity contribution in [3.05, 3.63) is 78.4 Å². The molecule has 0 radical (unpaired) electrons. The Bertz CT molecular complexity index is 1360. The molecule has 1 amide bonds. The van der Waals surface area contributed by atoms with Crippen molar-refractivity contribution in [2.75, 3.05) is 49.1 Å². The number of hydrogen-bond acceptors (Lipinski definition) is 6. The number of amides is 1. The molecule has 4 aromatic rings. The van der Waals surface area contributed by atoms with Gasteiger partial charge in [0, 0.05) is 57.6 Å². The predicted molar refractivity (Wildman–Crippen MR) is 141 cm³/mol. The molecule has 0 bridgehead atoms. The van der Waals surface area contributed by atoms with Crippen molar-refractivity contribution in [3.63, 3.8) is 0 Å². The normalized spacial score (nSPS) is 16.9. The molecule has 2 aromatic heterocycles. The number of anilines is 2. The summed E-state index contributed by atoms with van der Waals surface area (Å²) in [6.45, 7) is 5.08. The highest BCUT2D eigenvalue weighted by molar-refractivity contribution is 5.80. The first-order chi connectivity index (χ1) is 18.2. The SMILES string of the molecule is O=C(C1CCN(c2nc3ccccc3n2Cc2ccc(F)cc2)CC1)N1CCN(c2ncccn2)CC1. The van der Waals surface area contributed by atoms with Gasteiger partial charge in [0.25, 0.3) is 0 Å². The maximum atomic E-state index is 13.5. The number of hydrogen-bond donors (Lipinski definition) is 0. The van der Waals surface area contributed by atoms with Crippen LogP contribution in [0.2, 0.25) is 0 Å². The molecule has 0 aliphatic carbocycles. The molecule has 0 N–H and O–H groups in total. The van der Waals surface area contributed by atoms with Gasteiger partial charge in [-0.1, -0.05) is 24.3 Å². The quantitative estimate of drug-likeness (QED) is 0.418. The topological polar surface area (TPSA) is 70.4 Å². The van der Waals surface area contributed by atoms with Gasteiger partial charge in [-0.25, -0.2) is 19.3 Å². The first-order valence-electron chi connectivity index (χ1n) is 12.9. The standard InChI is InChI=1S/C28H30FN7O/c29-23-8-6-21(7-9-23)20-36-25-5-2-1-4-24(25)32-28(36)35-14-10-22(11-15-35)26(37)33-16-18-34(19-17-33)27-30-12-3-13-31-27/h1-9,12-13,22H,10-11,14-20H2. The smallest absolute Gasteiger partial charge is 0.225 e. The Labute approximate surface area is 215 Å². The third-order valence-corrected chi connectivity index (χ3v) is 7.44. The fraction of sp³-hybridized carbons (Fsp3) is 0.357. The third-order valence-electron chi connectivity index (χ3n) is 7.44. The molecule has 190 valence electrons. The Balaban J connectivity index is 1.12. The Morgan fingerprint density at radius 1 is 0.838 bits per heavy atom. The molecule has 9 heteroatoms. The van der Waals surface area contributed by atoms with Gasteiger partial charge in [0.1, 0.15) is 5.82 Å². The number of benzene rings is 2. The van der Waals surface area contributed by atoms with Crippen LogP contribution in [-0.2, 0) is 11.3 Å². The summed E-state index contributed by atoms with van der Waals surface area (Å²) in [6.07, 6.45) is 5.12. The van der Waals surface area contributed by atoms with Crippen molar-refractivity contribution >= 4 is 28.8 Å². The summed E-state index contributed by atoms with van der Waals surface area (Å²) in [5, 5.41) is 0. The maximum absolute atomic E-state index is 13.5. The first-order valence-corrected chi connectivity index (χ1v) is 12.9. The summed E-state index contributed by atoms with van der Waals surface area (Å²) >= 11 is 0. The van der Waals surface area contributed by atoms with E-state index in [4.69, 9.17) is 4.98 Å². The van der Waals surface area contributed by atoms with E-state index in [0.717, 1.165) is 67.5 Å². The van der Waals surface area contributed by atoms with E-state index < -0.39 is 0 Å². The molecule has 0 spiro atoms. The number of piperazine rings is 1. The minimum absolute atomic E-state index is 0.0331. The molecule has 2 aliphatic heterocycles. The summed E-state index contributed by atoms with van der Waals surface area (Å²) in [5.74, 6) is 1.69. The van der Waals surface area contributed by atoms with Crippen LogP contribution in [-0.4, -0.2) is 69.6 Å². The first kappa shape index (κ1) is 23.4. The van der Waals surface area contributed by atoms with Gasteiger partial charge in [-0.15, -0.1) is 0 Å². The van der Waals surface area contributed by atoms with Crippen molar-refractivity contribution in [1.82, 2.24) is 24.4 Å². The van der Waals surface area contributed by atoms with Crippen molar-refractivity contribution in [2.24, 2.45) is 5.92 Å². The van der Waals surface area contributed by atoms with Crippen LogP contribution in [0.4, 0.5) is 16.3 Å². The molecule has 2 saturated heterocycles. The summed E-state index contributed by atoms with van der Waals surface area (Å²) in [7, 11) is 0. The number of carbonyl (C=O) groups excluding carboxylic acids is 1. The van der Waals surface area contributed by atoms with Crippen molar-refractivity contribution in [3.8, 4) is 0 Å². The van der Waals surface area contributed by atoms with Gasteiger partial charge in [-0.3, -0.25) is 4.79 Å². The van der Waals surface area contributed by atoms with Crippen molar-refractivity contribution < 1.29 is 9.18 Å². The van der Waals surface area contributed by atoms with E-state index in [2.05, 4.69) is 30.4 Å². The Morgan fingerprint density at radius 3 is 2.27 bits per heavy atom. The second-order valence-electron chi connectivity index (χ2n) is 9.74. The zero-order valence-corrected chi connectivity index (χ0v) is 20.7. The van der Waals surface area contributed by atoms with Crippen LogP contribution in [0.25, 0.3) is 11.0 Å². The average Bonchev–Trinajstić information content (AvgIpc) is 3.33. The number of rotatable bonds is 5. The number of fused-ring (bicyclic) bond motifs is 1. The lowest BCUT2D eigenvalue weighted by molar-refractivity contribution is -0.136. The van der Waals surface area contributed by atoms with Crippen molar-refractivity contribution in [2.45, 2.75) is 19.4 Å². The fourth-order valence-corrected chi connectivity index (χ4v) is 5.40. The number of para-hydroxylation sites is 2. The van der Waals surface area contributed by atoms with Gasteiger partial charge in [0.15, 0.2) is 0 Å². The summed E-state index contributed by atoms with van der Waals surface area (Å²) in [4.78, 5) is 33.4. The molecule has 0 unspecified atom stereocenters. The zero-order valence-electron chi connectivity index (χ0n) is 20.7. The number of aromatic nitrogens is 4. The summed E-state index contributed by atoms with van der Waals surface area (Å²) in [6, 6.07) is 16.6. The average molecular weight is 500 g/mol. The molecule has 4 heterocycles. The number of carbonyl (C=O) groups is 1. The molecular formula is C28H30FN7O. The lowest BCUT2D eigenvalue weighted by Gasteiger charge is -2.38. The third kappa shape index (κ3) is 4.85. The molecule has 0 saturated carbocycles. The highest BCUT2D eigenvalue weighted by atomic mass is 19.1. The van der Waals surface area contributed by atoms with Crippen LogP contribution in [0.3, 0.4) is 0 Å². The van der Waals surface area contributed by atoms with Gasteiger partial charge in [-0.2, -0.15) is 0 Å². The van der Waals surface area contributed by atoms with E-state index in [0.29, 0.717) is 19.6 Å². The minimum Gasteiger partial charge on any atom is -0.342 e. The molecular weight excluding hydrogens is 469 g/mol. The predicted octanol–water partition coefficient (Wildman–Crippen LogP) is 3.58. The largest absolute Gasteiger partial charge is 0.342 e. The van der Waals surface area contributed by atoms with Gasteiger partial charge in [0.05, 0.1) is 17.6 Å². The van der Waals surface area contributed by atoms with Gasteiger partial charge in [-0.05, 0) is 48.7 Å². The molecule has 37 heavy (non-hydrogen) atoms. The summed E-state index contributed by atoms with van der Waals surface area (Å²) < 4.78 is 15.7. The second-order valence-corrected chi connectivity index (χ2v) is 9.74. The fourth-order valence-electron chi connectivity index (χ4n) is 5.40. The van der Waals surface area contributed by atoms with E-state index in [1.165, 1.54) is 12.1 Å². The van der Waals surface area contributed by atoms with Gasteiger partial charge >= 0.3 is 0 Å². The second kappa shape index (κ2) is 10.2. The monoisotopic (exact) mass is 499 g/mol. The zero-order chi connectivity index (χ0) is 25.2. The van der Waals surface area contributed by atoms with E-state index in [1.807, 2.05) is 41.3 Å². The van der Waals surface area contributed by atoms with Crippen LogP contribution in [0.5, 0.6) is 0 Å². The highest BCUT2D eigenvalue weighted by Crippen LogP contribution is 2.29. The van der Waals surface area contributed by atoms with Gasteiger partial charge in [0.2, 0.25) is 17.8 Å². The molecule has 8 nitrogen and oxygen atoms in total. The van der Waals surface area contributed by atoms with Gasteiger partial charge < -0.3 is 19.3 Å². The molecule has 2 aromatic carbocycles. The number of imidazole rings is 1. The molecule has 6 rings (SSSR count). The Morgan fingerprint density at radius 2 is 1.54 bits per heavy atom. The van der Waals surface area contributed by atoms with E-state index >= 15 is 0 Å². The van der Waals surface area contributed by atoms with Crippen LogP contribution >= 0.6 is 0 Å². The van der Waals surface area contributed by atoms with E-state index in [-0.39, 0.29) is 17.6 Å². The Kier molecular flexibility index (Phi) is 6.42. The van der Waals surface area contributed by atoms with Crippen LogP contribution in [0.15, 0.2) is 67.0 Å². The van der Waals surface area contributed by atoms with Crippen LogP contribution < -0.4 is 9.80 Å². The molecule has 0 atom stereocenters. The van der Waals surface area contributed by atoms with Crippen LogP contribution in [0.1, 0.15) is 18.4 Å². The summed E-state index contributed by atoms with van der Waals surface area (Å²) in [5.41, 5.74) is 3.02. The lowest BCUT2D eigenvalue weighted by atomic mass is 9.95. The van der Waals surface area contributed by atoms with E-state index in [1.54, 1.807) is 12.4 Å². The Hall–Kier alpha value is -4.01. The molecule has 2 fully saturated rings. The highest BCUT2D eigenvalue weighted by Gasteiger charge is 2.32. The maximum Gasteiger partial charge on any atom is 0.225 e. The van der Waals surface area contributed by atoms with E-state index in [9.17, 15) is 9.18 Å². The lowest BCUT2D eigenvalue weighted by Crippen LogP contribution is -2.52. The number of nitrogens with zero attached hydrogens (tertiary/aromatic N) is 7. The number of halogens is 1. The minimum atomic E-state index is -0.235. The number of piperidine rings is 1. The molecule has 2 aliphatic rings. The van der Waals surface area contributed by atoms with Crippen LogP contribution in [0, 0.1) is 11.7 Å².